The monoisotopic (exact) mass is 666 g/mol. The van der Waals surface area contributed by atoms with Crippen LogP contribution in [0.5, 0.6) is 0 Å². The Morgan fingerprint density at radius 1 is 0.585 bits per heavy atom. The molecular formula is C38H50Cl2Zr+2. The Morgan fingerprint density at radius 3 is 1.32 bits per heavy atom. The van der Waals surface area contributed by atoms with E-state index in [0.717, 1.165) is 47.3 Å². The van der Waals surface area contributed by atoms with Crippen LogP contribution >= 0.6 is 17.0 Å². The Hall–Kier alpha value is 0.423. The molecule has 0 spiro atoms. The topological polar surface area (TPSA) is 0 Å². The summed E-state index contributed by atoms with van der Waals surface area (Å²) in [6.45, 7) is 14.5. The first-order valence-electron chi connectivity index (χ1n) is 16.0. The van der Waals surface area contributed by atoms with Crippen LogP contribution in [0, 0.1) is 109 Å². The molecule has 41 heavy (non-hydrogen) atoms. The molecule has 0 heterocycles. The third kappa shape index (κ3) is 8.78. The SMILES string of the molecule is CC(C)[C@@H]1CC[C@@H](C)C[C@@H]1[C]1[CH][CH][C]2C=CC=C[C]21.CC(C)[C@@H]1CC[C@@H](C)C[C@@H]1[C]1[CH][CH][C]2C=CC=C[C]21.[Cl][Zr+2][Cl]. The molecule has 6 atom stereocenters. The Kier molecular flexibility index (Phi) is 13.9. The van der Waals surface area contributed by atoms with E-state index in [-0.39, 0.29) is 0 Å². The van der Waals surface area contributed by atoms with Crippen LogP contribution in [-0.2, 0) is 20.8 Å². The van der Waals surface area contributed by atoms with Crippen molar-refractivity contribution in [3.05, 3.63) is 110 Å². The first kappa shape index (κ1) is 34.3. The molecule has 0 aromatic carbocycles. The van der Waals surface area contributed by atoms with E-state index in [1.165, 1.54) is 62.2 Å². The van der Waals surface area contributed by atoms with Gasteiger partial charge >= 0.3 is 37.9 Å². The van der Waals surface area contributed by atoms with Crippen molar-refractivity contribution in [2.45, 2.75) is 80.1 Å². The molecule has 6 aliphatic rings. The Bertz CT molecular complexity index is 830. The van der Waals surface area contributed by atoms with Crippen molar-refractivity contribution in [2.24, 2.45) is 47.3 Å². The van der Waals surface area contributed by atoms with Crippen LogP contribution in [0.3, 0.4) is 0 Å². The molecule has 0 unspecified atom stereocenters. The third-order valence-corrected chi connectivity index (χ3v) is 10.3. The number of hydrogen-bond donors (Lipinski definition) is 0. The first-order valence-corrected chi connectivity index (χ1v) is 22.3. The van der Waals surface area contributed by atoms with E-state index in [9.17, 15) is 0 Å². The second-order valence-electron chi connectivity index (χ2n) is 13.7. The summed E-state index contributed by atoms with van der Waals surface area (Å²) in [5.74, 6) is 15.7. The fraction of sp³-hybridized carbons (Fsp3) is 0.526. The molecule has 0 N–H and O–H groups in total. The zero-order valence-corrected chi connectivity index (χ0v) is 30.0. The van der Waals surface area contributed by atoms with Gasteiger partial charge in [-0.25, -0.2) is 0 Å². The molecule has 0 amide bonds. The predicted molar refractivity (Wildman–Crippen MR) is 175 cm³/mol. The van der Waals surface area contributed by atoms with Crippen molar-refractivity contribution in [3.8, 4) is 0 Å². The number of allylic oxidation sites excluding steroid dienone is 8. The van der Waals surface area contributed by atoms with Crippen LogP contribution in [0.2, 0.25) is 0 Å². The molecule has 0 bridgehead atoms. The van der Waals surface area contributed by atoms with Gasteiger partial charge in [0.2, 0.25) is 0 Å². The first-order chi connectivity index (χ1) is 19.7. The molecule has 0 saturated heterocycles. The molecule has 10 radical (unpaired) electrons. The average Bonchev–Trinajstić information content (AvgIpc) is 3.58. The van der Waals surface area contributed by atoms with Crippen molar-refractivity contribution in [3.63, 3.8) is 0 Å². The summed E-state index contributed by atoms with van der Waals surface area (Å²) in [4.78, 5) is 0. The van der Waals surface area contributed by atoms with Gasteiger partial charge in [-0.2, -0.15) is 0 Å². The maximum atomic E-state index is 4.93. The van der Waals surface area contributed by atoms with E-state index in [0.29, 0.717) is 0 Å². The summed E-state index contributed by atoms with van der Waals surface area (Å²) < 4.78 is 0. The summed E-state index contributed by atoms with van der Waals surface area (Å²) in [5.41, 5.74) is 0. The van der Waals surface area contributed by atoms with Crippen LogP contribution in [0.15, 0.2) is 48.6 Å². The minimum atomic E-state index is -0.826. The zero-order chi connectivity index (χ0) is 29.5. The van der Waals surface area contributed by atoms with Crippen LogP contribution in [0.25, 0.3) is 0 Å². The quantitative estimate of drug-likeness (QED) is 0.280. The Labute approximate surface area is 273 Å². The van der Waals surface area contributed by atoms with Crippen molar-refractivity contribution < 1.29 is 20.8 Å². The van der Waals surface area contributed by atoms with Gasteiger partial charge < -0.3 is 0 Å². The van der Waals surface area contributed by atoms with Crippen molar-refractivity contribution in [1.82, 2.24) is 0 Å². The standard InChI is InChI=1S/2C19H25.2ClH.Zr/c2*1-13(2)16-10-8-14(3)12-19(16)18-11-9-15-6-4-5-7-17(15)18;;;/h2*4-7,9,11,13-14,16,19H,8,10,12H2,1-3H3;2*1H;/q;;;;+4/p-2/t2*14-,16+,19+;;;/m11.../s1. The Balaban J connectivity index is 0.000000173. The van der Waals surface area contributed by atoms with E-state index < -0.39 is 20.8 Å². The molecule has 4 saturated carbocycles. The van der Waals surface area contributed by atoms with Crippen LogP contribution < -0.4 is 0 Å². The van der Waals surface area contributed by atoms with Gasteiger partial charge in [-0.15, -0.1) is 0 Å². The fourth-order valence-electron chi connectivity index (χ4n) is 8.12. The molecule has 6 aliphatic carbocycles. The van der Waals surface area contributed by atoms with Gasteiger partial charge in [0.25, 0.3) is 0 Å². The zero-order valence-electron chi connectivity index (χ0n) is 26.0. The Morgan fingerprint density at radius 2 is 0.951 bits per heavy atom. The average molecular weight is 669 g/mol. The van der Waals surface area contributed by atoms with Gasteiger partial charge in [0.05, 0.1) is 0 Å². The van der Waals surface area contributed by atoms with E-state index in [4.69, 9.17) is 17.0 Å². The summed E-state index contributed by atoms with van der Waals surface area (Å²) in [6, 6.07) is 0. The molecule has 4 fully saturated rings. The number of halogens is 2. The van der Waals surface area contributed by atoms with Crippen molar-refractivity contribution >= 4 is 17.0 Å². The summed E-state index contributed by atoms with van der Waals surface area (Å²) >= 11 is -0.826. The third-order valence-electron chi connectivity index (χ3n) is 10.3. The molecule has 0 aromatic heterocycles. The van der Waals surface area contributed by atoms with E-state index in [1.54, 1.807) is 11.8 Å². The van der Waals surface area contributed by atoms with Crippen molar-refractivity contribution in [2.75, 3.05) is 0 Å². The van der Waals surface area contributed by atoms with Crippen LogP contribution in [-0.4, -0.2) is 0 Å². The molecule has 0 nitrogen and oxygen atoms in total. The molecule has 0 aromatic rings. The van der Waals surface area contributed by atoms with E-state index >= 15 is 0 Å². The molecule has 0 aliphatic heterocycles. The normalized spacial score (nSPS) is 34.7. The fourth-order valence-corrected chi connectivity index (χ4v) is 8.12. The van der Waals surface area contributed by atoms with Gasteiger partial charge in [0.1, 0.15) is 0 Å². The summed E-state index contributed by atoms with van der Waals surface area (Å²) in [5, 5.41) is 0. The molecule has 3 heteroatoms. The predicted octanol–water partition coefficient (Wildman–Crippen LogP) is 11.3. The molecule has 218 valence electrons. The molecular weight excluding hydrogens is 619 g/mol. The van der Waals surface area contributed by atoms with Gasteiger partial charge in [-0.05, 0) is 111 Å². The molecule has 6 rings (SSSR count). The van der Waals surface area contributed by atoms with Crippen molar-refractivity contribution in [1.29, 1.82) is 0 Å². The maximum absolute atomic E-state index is 4.93. The second kappa shape index (κ2) is 16.7. The van der Waals surface area contributed by atoms with E-state index in [1.807, 2.05) is 0 Å². The van der Waals surface area contributed by atoms with E-state index in [2.05, 4.69) is 116 Å². The van der Waals surface area contributed by atoms with Gasteiger partial charge in [-0.1, -0.05) is 103 Å². The van der Waals surface area contributed by atoms with Gasteiger partial charge in [-0.3, -0.25) is 0 Å². The minimum absolute atomic E-state index is 0.767. The summed E-state index contributed by atoms with van der Waals surface area (Å²) in [7, 11) is 9.87. The number of fused-ring (bicyclic) bond motifs is 2. The van der Waals surface area contributed by atoms with Gasteiger partial charge in [0, 0.05) is 23.7 Å². The second-order valence-corrected chi connectivity index (χ2v) is 17.4. The van der Waals surface area contributed by atoms with Crippen LogP contribution in [0.1, 0.15) is 80.1 Å². The van der Waals surface area contributed by atoms with Gasteiger partial charge in [0.15, 0.2) is 0 Å². The number of rotatable bonds is 4. The summed E-state index contributed by atoms with van der Waals surface area (Å²) in [6.07, 6.45) is 35.5. The van der Waals surface area contributed by atoms with Crippen LogP contribution in [0.4, 0.5) is 0 Å². The number of hydrogen-bond acceptors (Lipinski definition) is 0.